The Balaban J connectivity index is 2.58. The van der Waals surface area contributed by atoms with Gasteiger partial charge in [-0.25, -0.2) is 8.78 Å². The quantitative estimate of drug-likeness (QED) is 0.828. The summed E-state index contributed by atoms with van der Waals surface area (Å²) in [5, 5.41) is 2.35. The normalized spacial score (nSPS) is 20.2. The van der Waals surface area contributed by atoms with Crippen LogP contribution >= 0.6 is 0 Å². The number of hydrogen-bond acceptors (Lipinski definition) is 3. The predicted molar refractivity (Wildman–Crippen MR) is 68.2 cm³/mol. The Hall–Kier alpha value is -2.18. The molecule has 2 unspecified atom stereocenters. The van der Waals surface area contributed by atoms with Crippen LogP contribution in [0, 0.1) is 5.82 Å². The first-order chi connectivity index (χ1) is 9.53. The largest absolute Gasteiger partial charge is 0.494 e. The van der Waals surface area contributed by atoms with E-state index in [-0.39, 0.29) is 23.4 Å². The summed E-state index contributed by atoms with van der Waals surface area (Å²) < 4.78 is 31.7. The number of hydrogen-bond donors (Lipinski definition) is 1. The van der Waals surface area contributed by atoms with Crippen molar-refractivity contribution in [3.63, 3.8) is 0 Å². The summed E-state index contributed by atoms with van der Waals surface area (Å²) in [6.07, 6.45) is -0.536. The van der Waals surface area contributed by atoms with Gasteiger partial charge in [-0.05, 0) is 6.07 Å². The second-order valence-electron chi connectivity index (χ2n) is 4.42. The van der Waals surface area contributed by atoms with Crippen molar-refractivity contribution in [3.05, 3.63) is 23.5 Å². The lowest BCUT2D eigenvalue weighted by atomic mass is 10.1. The number of halogens is 2. The highest BCUT2D eigenvalue weighted by Gasteiger charge is 2.44. The van der Waals surface area contributed by atoms with Crippen LogP contribution in [-0.2, 0) is 4.79 Å². The van der Waals surface area contributed by atoms with Crippen molar-refractivity contribution in [3.8, 4) is 5.75 Å². The zero-order chi connectivity index (χ0) is 14.9. The van der Waals surface area contributed by atoms with E-state index in [1.165, 1.54) is 14.2 Å². The fourth-order valence-electron chi connectivity index (χ4n) is 2.04. The van der Waals surface area contributed by atoms with E-state index in [9.17, 15) is 18.4 Å². The summed E-state index contributed by atoms with van der Waals surface area (Å²) in [4.78, 5) is 24.1. The maximum atomic E-state index is 13.5. The first kappa shape index (κ1) is 14.2. The van der Waals surface area contributed by atoms with E-state index in [1.807, 2.05) is 0 Å². The molecule has 1 aromatic rings. The summed E-state index contributed by atoms with van der Waals surface area (Å²) in [6, 6.07) is 1.40. The van der Waals surface area contributed by atoms with E-state index >= 15 is 0 Å². The molecule has 2 rings (SSSR count). The molecule has 108 valence electrons. The summed E-state index contributed by atoms with van der Waals surface area (Å²) in [5.74, 6) is -1.25. The number of nitrogens with one attached hydrogen (secondary N) is 1. The maximum Gasteiger partial charge on any atom is 0.253 e. The highest BCUT2D eigenvalue weighted by Crippen LogP contribution is 2.40. The van der Waals surface area contributed by atoms with Crippen molar-refractivity contribution in [1.29, 1.82) is 0 Å². The third-order valence-corrected chi connectivity index (χ3v) is 3.14. The lowest BCUT2D eigenvalue weighted by molar-refractivity contribution is -0.107. The first-order valence-corrected chi connectivity index (χ1v) is 6.00. The van der Waals surface area contributed by atoms with Crippen LogP contribution in [0.5, 0.6) is 5.75 Å². The average Bonchev–Trinajstić information content (AvgIpc) is 3.16. The smallest absolute Gasteiger partial charge is 0.253 e. The molecule has 1 fully saturated rings. The maximum absolute atomic E-state index is 13.5. The molecular weight excluding hydrogens is 270 g/mol. The summed E-state index contributed by atoms with van der Waals surface area (Å²) >= 11 is 0. The molecule has 5 nitrogen and oxygen atoms in total. The van der Waals surface area contributed by atoms with Gasteiger partial charge in [-0.2, -0.15) is 0 Å². The molecule has 7 heteroatoms. The minimum atomic E-state index is -1.15. The van der Waals surface area contributed by atoms with Crippen LogP contribution in [0.2, 0.25) is 0 Å². The summed E-state index contributed by atoms with van der Waals surface area (Å²) in [5.41, 5.74) is 0.00366. The predicted octanol–water partition coefficient (Wildman–Crippen LogP) is 1.27. The Morgan fingerprint density at radius 1 is 1.55 bits per heavy atom. The lowest BCUT2D eigenvalue weighted by Crippen LogP contribution is -2.30. The molecule has 1 aromatic carbocycles. The number of benzene rings is 1. The van der Waals surface area contributed by atoms with E-state index in [4.69, 9.17) is 4.74 Å². The van der Waals surface area contributed by atoms with Crippen LogP contribution in [-0.4, -0.2) is 38.7 Å². The van der Waals surface area contributed by atoms with Crippen LogP contribution < -0.4 is 15.0 Å². The molecule has 0 aliphatic heterocycles. The molecule has 0 radical (unpaired) electrons. The van der Waals surface area contributed by atoms with Crippen molar-refractivity contribution < 1.29 is 23.1 Å². The van der Waals surface area contributed by atoms with Gasteiger partial charge in [0.15, 0.2) is 0 Å². The Labute approximate surface area is 114 Å². The van der Waals surface area contributed by atoms with Gasteiger partial charge >= 0.3 is 0 Å². The number of nitrogens with zero attached hydrogens (tertiary/aromatic N) is 1. The van der Waals surface area contributed by atoms with Gasteiger partial charge in [0.2, 0.25) is 6.41 Å². The third-order valence-electron chi connectivity index (χ3n) is 3.14. The minimum Gasteiger partial charge on any atom is -0.494 e. The van der Waals surface area contributed by atoms with Crippen molar-refractivity contribution in [1.82, 2.24) is 5.32 Å². The molecule has 0 aromatic heterocycles. The molecule has 1 aliphatic rings. The van der Waals surface area contributed by atoms with Gasteiger partial charge in [-0.1, -0.05) is 0 Å². The van der Waals surface area contributed by atoms with Crippen LogP contribution in [0.15, 0.2) is 12.1 Å². The standard InChI is InChI=1S/C13H14F2N2O3/c1-16-13(19)8-3-7(14)4-11(20-2)12(8)17(6-18)10-5-9(10)15/h3-4,6,9-10H,5H2,1-2H3,(H,16,19). The second kappa shape index (κ2) is 5.44. The number of methoxy groups -OCH3 is 1. The Bertz CT molecular complexity index is 551. The van der Waals surface area contributed by atoms with Gasteiger partial charge in [-0.15, -0.1) is 0 Å². The van der Waals surface area contributed by atoms with E-state index in [0.717, 1.165) is 17.0 Å². The van der Waals surface area contributed by atoms with Gasteiger partial charge in [0.05, 0.1) is 24.4 Å². The number of ether oxygens (including phenoxy) is 1. The molecule has 1 N–H and O–H groups in total. The van der Waals surface area contributed by atoms with Gasteiger partial charge in [0.25, 0.3) is 5.91 Å². The van der Waals surface area contributed by atoms with Crippen LogP contribution in [0.3, 0.4) is 0 Å². The highest BCUT2D eigenvalue weighted by molar-refractivity contribution is 6.03. The minimum absolute atomic E-state index is 0.00907. The fraction of sp³-hybridized carbons (Fsp3) is 0.385. The SMILES string of the molecule is CNC(=O)c1cc(F)cc(OC)c1N(C=O)C1CC1F. The van der Waals surface area contributed by atoms with Gasteiger partial charge in [0.1, 0.15) is 17.7 Å². The van der Waals surface area contributed by atoms with Crippen LogP contribution in [0.1, 0.15) is 16.8 Å². The number of carbonyl (C=O) groups excluding carboxylic acids is 2. The molecule has 20 heavy (non-hydrogen) atoms. The first-order valence-electron chi connectivity index (χ1n) is 6.00. The molecule has 1 saturated carbocycles. The number of alkyl halides is 1. The number of carbonyl (C=O) groups is 2. The van der Waals surface area contributed by atoms with E-state index in [0.29, 0.717) is 6.41 Å². The van der Waals surface area contributed by atoms with Crippen molar-refractivity contribution >= 4 is 18.0 Å². The van der Waals surface area contributed by atoms with Gasteiger partial charge in [-0.3, -0.25) is 9.59 Å². The number of rotatable bonds is 5. The molecule has 1 aliphatic carbocycles. The van der Waals surface area contributed by atoms with Crippen molar-refractivity contribution in [2.45, 2.75) is 18.6 Å². The number of anilines is 1. The zero-order valence-electron chi connectivity index (χ0n) is 11.0. The molecule has 0 saturated heterocycles. The molecule has 2 amide bonds. The van der Waals surface area contributed by atoms with Gasteiger partial charge < -0.3 is 15.0 Å². The fourth-order valence-corrected chi connectivity index (χ4v) is 2.04. The zero-order valence-corrected chi connectivity index (χ0v) is 11.0. The lowest BCUT2D eigenvalue weighted by Gasteiger charge is -2.22. The average molecular weight is 284 g/mol. The topological polar surface area (TPSA) is 58.6 Å². The third kappa shape index (κ3) is 2.43. The van der Waals surface area contributed by atoms with Crippen LogP contribution in [0.25, 0.3) is 0 Å². The summed E-state index contributed by atoms with van der Waals surface area (Å²) in [7, 11) is 2.67. The van der Waals surface area contributed by atoms with Gasteiger partial charge in [0, 0.05) is 19.5 Å². The molecule has 0 spiro atoms. The van der Waals surface area contributed by atoms with E-state index in [2.05, 4.69) is 5.32 Å². The van der Waals surface area contributed by atoms with Crippen molar-refractivity contribution in [2.24, 2.45) is 0 Å². The molecule has 0 bridgehead atoms. The molecule has 2 atom stereocenters. The highest BCUT2D eigenvalue weighted by atomic mass is 19.1. The second-order valence-corrected chi connectivity index (χ2v) is 4.42. The number of amides is 2. The summed E-state index contributed by atoms with van der Waals surface area (Å²) in [6.45, 7) is 0. The Morgan fingerprint density at radius 2 is 2.20 bits per heavy atom. The molecule has 0 heterocycles. The monoisotopic (exact) mass is 284 g/mol. The van der Waals surface area contributed by atoms with Crippen molar-refractivity contribution in [2.75, 3.05) is 19.1 Å². The van der Waals surface area contributed by atoms with E-state index in [1.54, 1.807) is 0 Å². The van der Waals surface area contributed by atoms with E-state index < -0.39 is 23.9 Å². The van der Waals surface area contributed by atoms with Crippen LogP contribution in [0.4, 0.5) is 14.5 Å². The Morgan fingerprint density at radius 3 is 2.65 bits per heavy atom. The Kier molecular flexibility index (Phi) is 3.87. The molecular formula is C13H14F2N2O3.